The Morgan fingerprint density at radius 3 is 2.48 bits per heavy atom. The molecule has 176 valence electrons. The summed E-state index contributed by atoms with van der Waals surface area (Å²) in [5, 5.41) is 9.31. The summed E-state index contributed by atoms with van der Waals surface area (Å²) in [6.45, 7) is 1.67. The van der Waals surface area contributed by atoms with Crippen LogP contribution in [0.5, 0.6) is 5.75 Å². The van der Waals surface area contributed by atoms with E-state index in [-0.39, 0.29) is 5.52 Å². The van der Waals surface area contributed by atoms with E-state index in [1.165, 1.54) is 25.3 Å². The largest absolute Gasteiger partial charge is 0.482 e. The quantitative estimate of drug-likeness (QED) is 0.306. The number of unbranched alkanes of at least 4 members (excludes halogenated alkanes) is 5. The Bertz CT molecular complexity index is 1100. The fourth-order valence-electron chi connectivity index (χ4n) is 4.01. The number of aromatic nitrogens is 1. The number of fused-ring (bicyclic) bond motifs is 1. The number of pyridine rings is 1. The van der Waals surface area contributed by atoms with E-state index in [0.717, 1.165) is 30.9 Å². The molecule has 33 heavy (non-hydrogen) atoms. The number of nitrogens with zero attached hydrogens (tertiary/aromatic N) is 1. The third kappa shape index (κ3) is 6.46. The molecule has 4 nitrogen and oxygen atoms in total. The summed E-state index contributed by atoms with van der Waals surface area (Å²) < 4.78 is 46.2. The molecule has 3 rings (SSSR count). The van der Waals surface area contributed by atoms with E-state index in [1.54, 1.807) is 36.5 Å². The molecule has 0 saturated heterocycles. The Balaban J connectivity index is 2.03. The Kier molecular flexibility index (Phi) is 8.31. The van der Waals surface area contributed by atoms with Gasteiger partial charge in [0.05, 0.1) is 11.1 Å². The topological polar surface area (TPSA) is 59.4 Å². The van der Waals surface area contributed by atoms with Crippen LogP contribution in [-0.2, 0) is 17.4 Å². The minimum Gasteiger partial charge on any atom is -0.482 e. The molecule has 0 saturated carbocycles. The molecule has 0 bridgehead atoms. The van der Waals surface area contributed by atoms with Crippen LogP contribution in [0.3, 0.4) is 0 Å². The predicted molar refractivity (Wildman–Crippen MR) is 122 cm³/mol. The molecule has 2 aromatic carbocycles. The summed E-state index contributed by atoms with van der Waals surface area (Å²) in [5.41, 5.74) is 1.35. The molecule has 0 unspecified atom stereocenters. The van der Waals surface area contributed by atoms with E-state index in [4.69, 9.17) is 9.84 Å². The standard InChI is InChI=1S/C26H28F3NO3/c1-2-3-4-5-6-7-10-19-16-30-25-21(13-9-14-22(25)26(27,28)29)24(19)18-11-8-12-20(15-18)33-17-23(31)32/h8-9,11-16H,2-7,10,17H2,1H3,(H,31,32). The number of hydrogen-bond acceptors (Lipinski definition) is 3. The normalized spacial score (nSPS) is 11.6. The molecule has 1 N–H and O–H groups in total. The molecule has 0 atom stereocenters. The summed E-state index contributed by atoms with van der Waals surface area (Å²) in [5.74, 6) is -0.759. The van der Waals surface area contributed by atoms with Crippen LogP contribution >= 0.6 is 0 Å². The summed E-state index contributed by atoms with van der Waals surface area (Å²) in [6.07, 6.45) is 4.35. The van der Waals surface area contributed by atoms with Crippen molar-refractivity contribution in [3.05, 3.63) is 59.8 Å². The number of aliphatic carboxylic acids is 1. The number of hydrogen-bond donors (Lipinski definition) is 1. The van der Waals surface area contributed by atoms with Gasteiger partial charge in [-0.15, -0.1) is 0 Å². The predicted octanol–water partition coefficient (Wildman–Crippen LogP) is 7.29. The van der Waals surface area contributed by atoms with Gasteiger partial charge in [-0.25, -0.2) is 4.79 Å². The second kappa shape index (κ2) is 11.2. The van der Waals surface area contributed by atoms with Crippen LogP contribution in [-0.4, -0.2) is 22.7 Å². The third-order valence-corrected chi connectivity index (χ3v) is 5.57. The minimum absolute atomic E-state index is 0.0939. The zero-order valence-corrected chi connectivity index (χ0v) is 18.6. The van der Waals surface area contributed by atoms with E-state index in [9.17, 15) is 18.0 Å². The molecule has 3 aromatic rings. The second-order valence-electron chi connectivity index (χ2n) is 8.09. The van der Waals surface area contributed by atoms with Gasteiger partial charge >= 0.3 is 12.1 Å². The van der Waals surface area contributed by atoms with Crippen molar-refractivity contribution >= 4 is 16.9 Å². The minimum atomic E-state index is -4.52. The molecule has 0 radical (unpaired) electrons. The molecular weight excluding hydrogens is 431 g/mol. The van der Waals surface area contributed by atoms with Crippen molar-refractivity contribution in [2.75, 3.05) is 6.61 Å². The lowest BCUT2D eigenvalue weighted by Crippen LogP contribution is -2.09. The van der Waals surface area contributed by atoms with Gasteiger partial charge in [-0.3, -0.25) is 4.98 Å². The number of carboxylic acid groups (broad SMARTS) is 1. The van der Waals surface area contributed by atoms with Gasteiger partial charge in [0.1, 0.15) is 5.75 Å². The highest BCUT2D eigenvalue weighted by molar-refractivity contribution is 5.98. The van der Waals surface area contributed by atoms with Gasteiger partial charge in [-0.05, 0) is 47.7 Å². The van der Waals surface area contributed by atoms with Crippen molar-refractivity contribution in [2.45, 2.75) is 58.0 Å². The summed E-state index contributed by atoms with van der Waals surface area (Å²) in [6, 6.07) is 10.9. The van der Waals surface area contributed by atoms with Crippen molar-refractivity contribution in [3.63, 3.8) is 0 Å². The van der Waals surface area contributed by atoms with Crippen LogP contribution < -0.4 is 4.74 Å². The molecule has 0 aliphatic rings. The number of benzene rings is 2. The number of carbonyl (C=O) groups is 1. The highest BCUT2D eigenvalue weighted by Crippen LogP contribution is 2.39. The Labute approximate surface area is 191 Å². The molecule has 0 aliphatic carbocycles. The van der Waals surface area contributed by atoms with Crippen LogP contribution in [0.4, 0.5) is 13.2 Å². The highest BCUT2D eigenvalue weighted by Gasteiger charge is 2.33. The van der Waals surface area contributed by atoms with E-state index < -0.39 is 24.3 Å². The molecule has 0 spiro atoms. The first kappa shape index (κ1) is 24.6. The highest BCUT2D eigenvalue weighted by atomic mass is 19.4. The number of rotatable bonds is 11. The summed E-state index contributed by atoms with van der Waals surface area (Å²) in [4.78, 5) is 15.1. The van der Waals surface area contributed by atoms with Crippen LogP contribution in [0.1, 0.15) is 56.6 Å². The van der Waals surface area contributed by atoms with Gasteiger partial charge in [0.15, 0.2) is 6.61 Å². The van der Waals surface area contributed by atoms with E-state index in [1.807, 2.05) is 0 Å². The monoisotopic (exact) mass is 459 g/mol. The number of alkyl halides is 3. The first-order valence-corrected chi connectivity index (χ1v) is 11.2. The fraction of sp³-hybridized carbons (Fsp3) is 0.385. The Morgan fingerprint density at radius 2 is 1.76 bits per heavy atom. The average molecular weight is 460 g/mol. The maximum Gasteiger partial charge on any atom is 0.418 e. The van der Waals surface area contributed by atoms with Crippen molar-refractivity contribution in [2.24, 2.45) is 0 Å². The molecule has 1 aromatic heterocycles. The van der Waals surface area contributed by atoms with Crippen LogP contribution in [0.25, 0.3) is 22.0 Å². The molecule has 1 heterocycles. The van der Waals surface area contributed by atoms with Gasteiger partial charge in [0.2, 0.25) is 0 Å². The first-order chi connectivity index (χ1) is 15.8. The smallest absolute Gasteiger partial charge is 0.418 e. The average Bonchev–Trinajstić information content (AvgIpc) is 2.78. The van der Waals surface area contributed by atoms with Gasteiger partial charge in [0.25, 0.3) is 0 Å². The number of carboxylic acids is 1. The van der Waals surface area contributed by atoms with Crippen molar-refractivity contribution in [3.8, 4) is 16.9 Å². The van der Waals surface area contributed by atoms with Crippen LogP contribution in [0.2, 0.25) is 0 Å². The SMILES string of the molecule is CCCCCCCCc1cnc2c(C(F)(F)F)cccc2c1-c1cccc(OCC(=O)O)c1. The van der Waals surface area contributed by atoms with Crippen LogP contribution in [0.15, 0.2) is 48.7 Å². The number of para-hydroxylation sites is 1. The maximum atomic E-state index is 13.6. The molecule has 0 fully saturated rings. The zero-order valence-electron chi connectivity index (χ0n) is 18.6. The Hall–Kier alpha value is -3.09. The Morgan fingerprint density at radius 1 is 1.03 bits per heavy atom. The zero-order chi connectivity index (χ0) is 23.8. The van der Waals surface area contributed by atoms with Crippen molar-refractivity contribution < 1.29 is 27.8 Å². The van der Waals surface area contributed by atoms with Gasteiger partial charge < -0.3 is 9.84 Å². The lowest BCUT2D eigenvalue weighted by atomic mass is 9.92. The number of ether oxygens (including phenoxy) is 1. The molecule has 7 heteroatoms. The summed E-state index contributed by atoms with van der Waals surface area (Å²) in [7, 11) is 0. The second-order valence-corrected chi connectivity index (χ2v) is 8.09. The number of aryl methyl sites for hydroxylation is 1. The number of halogens is 3. The van der Waals surface area contributed by atoms with Crippen LogP contribution in [0, 0.1) is 0 Å². The van der Waals surface area contributed by atoms with Crippen molar-refractivity contribution in [1.82, 2.24) is 4.98 Å². The van der Waals surface area contributed by atoms with Gasteiger partial charge in [-0.1, -0.05) is 63.3 Å². The van der Waals surface area contributed by atoms with Gasteiger partial charge in [-0.2, -0.15) is 13.2 Å². The molecule has 0 aliphatic heterocycles. The molecule has 0 amide bonds. The van der Waals surface area contributed by atoms with Crippen molar-refractivity contribution in [1.29, 1.82) is 0 Å². The summed E-state index contributed by atoms with van der Waals surface area (Å²) >= 11 is 0. The lowest BCUT2D eigenvalue weighted by Gasteiger charge is -2.17. The van der Waals surface area contributed by atoms with E-state index in [2.05, 4.69) is 11.9 Å². The van der Waals surface area contributed by atoms with Gasteiger partial charge in [0, 0.05) is 11.6 Å². The van der Waals surface area contributed by atoms with E-state index >= 15 is 0 Å². The fourth-order valence-corrected chi connectivity index (χ4v) is 4.01. The molecular formula is C26H28F3NO3. The maximum absolute atomic E-state index is 13.6. The van der Waals surface area contributed by atoms with E-state index in [0.29, 0.717) is 28.7 Å². The third-order valence-electron chi connectivity index (χ3n) is 5.57. The lowest BCUT2D eigenvalue weighted by molar-refractivity contribution is -0.139. The first-order valence-electron chi connectivity index (χ1n) is 11.2.